The van der Waals surface area contributed by atoms with E-state index in [1.54, 1.807) is 50.2 Å². The average Bonchev–Trinajstić information content (AvgIpc) is 3.39. The Labute approximate surface area is 316 Å². The minimum Gasteiger partial charge on any atom is -0.481 e. The van der Waals surface area contributed by atoms with Crippen molar-refractivity contribution in [3.8, 4) is 0 Å². The summed E-state index contributed by atoms with van der Waals surface area (Å²) in [6.45, 7) is 19.5. The SMILES string of the molecule is CC(C)C1=C2C3CCC4C5(C)CCC(OC(=O)CC(C)(C)C(=O)O)C(C)(C)C5CCC4(C)C3(C)CCC2(C(O)CN(C)C(=O)c2ccccn2)CC1=O. The lowest BCUT2D eigenvalue weighted by atomic mass is 9.33. The number of aliphatic carboxylic acids is 1. The highest BCUT2D eigenvalue weighted by atomic mass is 16.5. The monoisotopic (exact) mass is 732 g/mol. The summed E-state index contributed by atoms with van der Waals surface area (Å²) in [6, 6.07) is 5.25. The molecule has 1 heterocycles. The predicted octanol–water partition coefficient (Wildman–Crippen LogP) is 7.91. The number of amides is 1. The Hall–Kier alpha value is -3.07. The van der Waals surface area contributed by atoms with Crippen molar-refractivity contribution >= 4 is 23.6 Å². The molecule has 4 fully saturated rings. The molecule has 292 valence electrons. The quantitative estimate of drug-likeness (QED) is 0.245. The van der Waals surface area contributed by atoms with Gasteiger partial charge < -0.3 is 19.8 Å². The number of hydrogen-bond donors (Lipinski definition) is 2. The lowest BCUT2D eigenvalue weighted by Gasteiger charge is -2.72. The normalized spacial score (nSPS) is 36.9. The van der Waals surface area contributed by atoms with E-state index in [0.717, 1.165) is 50.5 Å². The second kappa shape index (κ2) is 13.3. The largest absolute Gasteiger partial charge is 0.481 e. The fourth-order valence-electron chi connectivity index (χ4n) is 13.1. The van der Waals surface area contributed by atoms with E-state index in [9.17, 15) is 29.4 Å². The van der Waals surface area contributed by atoms with E-state index in [1.807, 2.05) is 0 Å². The number of aromatic nitrogens is 1. The van der Waals surface area contributed by atoms with Crippen molar-refractivity contribution in [2.45, 2.75) is 139 Å². The maximum atomic E-state index is 14.1. The first-order valence-electron chi connectivity index (χ1n) is 20.1. The van der Waals surface area contributed by atoms with E-state index >= 15 is 0 Å². The molecule has 5 aliphatic rings. The number of allylic oxidation sites excluding steroid dienone is 1. The number of ether oxygens (including phenoxy) is 1. The molecule has 9 unspecified atom stereocenters. The molecular formula is C44H64N2O7. The molecular weight excluding hydrogens is 668 g/mol. The molecule has 0 spiro atoms. The van der Waals surface area contributed by atoms with E-state index < -0.39 is 28.9 Å². The Morgan fingerprint density at radius 1 is 0.962 bits per heavy atom. The fraction of sp³-hybridized carbons (Fsp3) is 0.750. The standard InChI is InChI=1S/C44H64N2O7/c1-26(2)35-29(47)23-44(32(48)25-46(10)37(50)28-13-11-12-22-45-28)21-20-42(8)27(36(35)44)14-15-31-41(7)18-17-33(53-34(49)24-39(3,4)38(51)52)40(5,6)30(41)16-19-43(31,42)9/h11-13,22,26-27,30-33,48H,14-21,23-25H2,1-10H3,(H,51,52). The number of hydrogen-bond acceptors (Lipinski definition) is 7. The van der Waals surface area contributed by atoms with Gasteiger partial charge in [0.15, 0.2) is 5.78 Å². The summed E-state index contributed by atoms with van der Waals surface area (Å²) in [7, 11) is 1.71. The van der Waals surface area contributed by atoms with Crippen LogP contribution in [-0.4, -0.2) is 69.5 Å². The second-order valence-electron chi connectivity index (χ2n) is 20.0. The van der Waals surface area contributed by atoms with Crippen molar-refractivity contribution in [2.75, 3.05) is 13.6 Å². The van der Waals surface area contributed by atoms with Crippen molar-refractivity contribution < 1.29 is 34.1 Å². The smallest absolute Gasteiger partial charge is 0.309 e. The summed E-state index contributed by atoms with van der Waals surface area (Å²) < 4.78 is 6.15. The number of aliphatic hydroxyl groups is 1. The van der Waals surface area contributed by atoms with Crippen molar-refractivity contribution in [2.24, 2.45) is 56.2 Å². The number of nitrogens with zero attached hydrogens (tertiary/aromatic N) is 2. The highest BCUT2D eigenvalue weighted by Gasteiger charge is 2.71. The number of esters is 1. The summed E-state index contributed by atoms with van der Waals surface area (Å²) >= 11 is 0. The minimum atomic E-state index is -1.18. The number of carboxylic acids is 1. The number of likely N-dealkylation sites (N-methyl/N-ethyl adjacent to an activating group) is 1. The first-order valence-corrected chi connectivity index (χ1v) is 20.1. The van der Waals surface area contributed by atoms with Gasteiger partial charge in [-0.1, -0.05) is 60.1 Å². The first kappa shape index (κ1) is 39.6. The van der Waals surface area contributed by atoms with Gasteiger partial charge in [0.2, 0.25) is 0 Å². The van der Waals surface area contributed by atoms with Gasteiger partial charge in [-0.3, -0.25) is 24.2 Å². The van der Waals surface area contributed by atoms with Gasteiger partial charge in [-0.05, 0) is 123 Å². The number of carbonyl (C=O) groups excluding carboxylic acids is 3. The Morgan fingerprint density at radius 3 is 2.28 bits per heavy atom. The topological polar surface area (TPSA) is 134 Å². The number of aliphatic hydroxyl groups excluding tert-OH is 1. The molecule has 0 saturated heterocycles. The Balaban J connectivity index is 1.28. The number of pyridine rings is 1. The molecule has 1 aromatic heterocycles. The number of Topliss-reactive ketones (excluding diaryl/α,β-unsaturated/α-hetero) is 1. The van der Waals surface area contributed by atoms with Gasteiger partial charge >= 0.3 is 11.9 Å². The molecule has 5 aliphatic carbocycles. The van der Waals surface area contributed by atoms with E-state index in [2.05, 4.69) is 53.5 Å². The summed E-state index contributed by atoms with van der Waals surface area (Å²) in [5.74, 6) is -0.545. The first-order chi connectivity index (χ1) is 24.6. The predicted molar refractivity (Wildman–Crippen MR) is 203 cm³/mol. The van der Waals surface area contributed by atoms with E-state index in [-0.39, 0.29) is 64.3 Å². The van der Waals surface area contributed by atoms with Crippen LogP contribution in [0.5, 0.6) is 0 Å². The Bertz CT molecular complexity index is 1680. The summed E-state index contributed by atoms with van der Waals surface area (Å²) in [4.78, 5) is 58.1. The van der Waals surface area contributed by atoms with Crippen molar-refractivity contribution in [3.63, 3.8) is 0 Å². The fourth-order valence-corrected chi connectivity index (χ4v) is 13.1. The number of carbonyl (C=O) groups is 4. The molecule has 53 heavy (non-hydrogen) atoms. The third-order valence-corrected chi connectivity index (χ3v) is 16.2. The summed E-state index contributed by atoms with van der Waals surface area (Å²) in [5.41, 5.74) is 0.227. The molecule has 4 saturated carbocycles. The number of rotatable bonds is 9. The van der Waals surface area contributed by atoms with Crippen LogP contribution >= 0.6 is 0 Å². The van der Waals surface area contributed by atoms with Crippen LogP contribution in [0.25, 0.3) is 0 Å². The molecule has 1 amide bonds. The third-order valence-electron chi connectivity index (χ3n) is 16.2. The van der Waals surface area contributed by atoms with Crippen LogP contribution in [0.15, 0.2) is 35.5 Å². The molecule has 9 heteroatoms. The Kier molecular flexibility index (Phi) is 9.94. The molecule has 0 bridgehead atoms. The lowest BCUT2D eigenvalue weighted by Crippen LogP contribution is -2.66. The van der Waals surface area contributed by atoms with Crippen LogP contribution in [0.1, 0.15) is 137 Å². The van der Waals surface area contributed by atoms with Crippen molar-refractivity contribution in [3.05, 3.63) is 41.2 Å². The molecule has 9 atom stereocenters. The number of fused-ring (bicyclic) bond motifs is 7. The number of carboxylic acid groups (broad SMARTS) is 1. The second-order valence-corrected chi connectivity index (χ2v) is 20.0. The average molecular weight is 733 g/mol. The maximum absolute atomic E-state index is 14.1. The number of ketones is 1. The van der Waals surface area contributed by atoms with Crippen LogP contribution in [-0.2, 0) is 19.1 Å². The third kappa shape index (κ3) is 6.01. The van der Waals surface area contributed by atoms with Gasteiger partial charge in [-0.15, -0.1) is 0 Å². The van der Waals surface area contributed by atoms with Crippen molar-refractivity contribution in [1.82, 2.24) is 9.88 Å². The van der Waals surface area contributed by atoms with Gasteiger partial charge in [0.1, 0.15) is 11.8 Å². The summed E-state index contributed by atoms with van der Waals surface area (Å²) in [6.07, 6.45) is 7.96. The van der Waals surface area contributed by atoms with E-state index in [4.69, 9.17) is 4.74 Å². The van der Waals surface area contributed by atoms with Crippen LogP contribution in [0.4, 0.5) is 0 Å². The molecule has 0 aromatic carbocycles. The molecule has 9 nitrogen and oxygen atoms in total. The van der Waals surface area contributed by atoms with Crippen molar-refractivity contribution in [1.29, 1.82) is 0 Å². The highest BCUT2D eigenvalue weighted by Crippen LogP contribution is 2.77. The van der Waals surface area contributed by atoms with Gasteiger partial charge in [-0.25, -0.2) is 0 Å². The zero-order valence-electron chi connectivity index (χ0n) is 33.9. The van der Waals surface area contributed by atoms with Crippen LogP contribution < -0.4 is 0 Å². The van der Waals surface area contributed by atoms with Gasteiger partial charge in [0, 0.05) is 37.0 Å². The Morgan fingerprint density at radius 2 is 1.66 bits per heavy atom. The minimum absolute atomic E-state index is 0.00412. The molecule has 0 aliphatic heterocycles. The molecule has 0 radical (unpaired) electrons. The highest BCUT2D eigenvalue weighted by molar-refractivity contribution is 6.01. The van der Waals surface area contributed by atoms with Crippen LogP contribution in [0.3, 0.4) is 0 Å². The maximum Gasteiger partial charge on any atom is 0.309 e. The molecule has 6 rings (SSSR count). The lowest BCUT2D eigenvalue weighted by molar-refractivity contribution is -0.235. The zero-order chi connectivity index (χ0) is 39.1. The van der Waals surface area contributed by atoms with Gasteiger partial charge in [0.05, 0.1) is 17.9 Å². The van der Waals surface area contributed by atoms with E-state index in [0.29, 0.717) is 30.4 Å². The van der Waals surface area contributed by atoms with Crippen LogP contribution in [0, 0.1) is 56.2 Å². The van der Waals surface area contributed by atoms with Crippen LogP contribution in [0.2, 0.25) is 0 Å². The van der Waals surface area contributed by atoms with E-state index in [1.165, 1.54) is 5.57 Å². The molecule has 1 aromatic rings. The van der Waals surface area contributed by atoms with Gasteiger partial charge in [0.25, 0.3) is 5.91 Å². The zero-order valence-corrected chi connectivity index (χ0v) is 33.9. The summed E-state index contributed by atoms with van der Waals surface area (Å²) in [5, 5.41) is 21.9. The van der Waals surface area contributed by atoms with Gasteiger partial charge in [-0.2, -0.15) is 0 Å². The molecule has 2 N–H and O–H groups in total.